The summed E-state index contributed by atoms with van der Waals surface area (Å²) in [5.41, 5.74) is 5.99. The summed E-state index contributed by atoms with van der Waals surface area (Å²) in [5, 5.41) is 2.56. The van der Waals surface area contributed by atoms with E-state index >= 15 is 0 Å². The van der Waals surface area contributed by atoms with Crippen LogP contribution in [0.3, 0.4) is 0 Å². The Morgan fingerprint density at radius 2 is 1.54 bits per heavy atom. The van der Waals surface area contributed by atoms with Crippen LogP contribution in [0.5, 0.6) is 0 Å². The highest BCUT2D eigenvalue weighted by Gasteiger charge is 2.12. The Hall–Kier alpha value is -3.06. The van der Waals surface area contributed by atoms with Crippen LogP contribution in [-0.4, -0.2) is 4.57 Å². The van der Waals surface area contributed by atoms with E-state index in [-0.39, 0.29) is 0 Å². The molecule has 24 heavy (non-hydrogen) atoms. The molecule has 1 aromatic heterocycles. The van der Waals surface area contributed by atoms with Crippen molar-refractivity contribution < 1.29 is 0 Å². The highest BCUT2D eigenvalue weighted by molar-refractivity contribution is 6.10. The standard InChI is InChI=1S/C23H19N/c1-3-17(4-2)18-14-15-21-20-12-8-9-13-22(20)24(23(21)16-18)19-10-6-5-7-11-19/h3-16H,1H2,2H3/b17-4+. The fourth-order valence-corrected chi connectivity index (χ4v) is 3.41. The number of hydrogen-bond acceptors (Lipinski definition) is 0. The first-order valence-electron chi connectivity index (χ1n) is 8.21. The van der Waals surface area contributed by atoms with Gasteiger partial charge in [0, 0.05) is 16.5 Å². The molecule has 0 atom stereocenters. The lowest BCUT2D eigenvalue weighted by Crippen LogP contribution is -1.93. The summed E-state index contributed by atoms with van der Waals surface area (Å²) in [5.74, 6) is 0. The van der Waals surface area contributed by atoms with Gasteiger partial charge in [0.2, 0.25) is 0 Å². The van der Waals surface area contributed by atoms with Crippen LogP contribution in [0, 0.1) is 0 Å². The lowest BCUT2D eigenvalue weighted by atomic mass is 10.0. The van der Waals surface area contributed by atoms with Crippen LogP contribution in [0.15, 0.2) is 91.5 Å². The summed E-state index contributed by atoms with van der Waals surface area (Å²) in [6, 6.07) is 25.8. The van der Waals surface area contributed by atoms with E-state index < -0.39 is 0 Å². The summed E-state index contributed by atoms with van der Waals surface area (Å²) in [6.07, 6.45) is 4.01. The molecule has 3 aromatic carbocycles. The number of allylic oxidation sites excluding steroid dienone is 3. The second-order valence-corrected chi connectivity index (χ2v) is 5.87. The number of aromatic nitrogens is 1. The van der Waals surface area contributed by atoms with Crippen LogP contribution in [0.4, 0.5) is 0 Å². The first-order chi connectivity index (χ1) is 11.8. The monoisotopic (exact) mass is 309 g/mol. The van der Waals surface area contributed by atoms with Crippen LogP contribution in [0.2, 0.25) is 0 Å². The van der Waals surface area contributed by atoms with Gasteiger partial charge in [-0.25, -0.2) is 0 Å². The molecule has 0 saturated heterocycles. The molecule has 4 rings (SSSR count). The fourth-order valence-electron chi connectivity index (χ4n) is 3.41. The molecule has 0 amide bonds. The quantitative estimate of drug-likeness (QED) is 0.387. The van der Waals surface area contributed by atoms with Gasteiger partial charge in [-0.15, -0.1) is 0 Å². The summed E-state index contributed by atoms with van der Waals surface area (Å²) < 4.78 is 2.34. The van der Waals surface area contributed by atoms with E-state index in [1.165, 1.54) is 33.1 Å². The van der Waals surface area contributed by atoms with Gasteiger partial charge >= 0.3 is 0 Å². The van der Waals surface area contributed by atoms with E-state index in [1.807, 2.05) is 13.0 Å². The summed E-state index contributed by atoms with van der Waals surface area (Å²) in [4.78, 5) is 0. The van der Waals surface area contributed by atoms with Crippen LogP contribution in [0.25, 0.3) is 33.1 Å². The summed E-state index contributed by atoms with van der Waals surface area (Å²) in [7, 11) is 0. The smallest absolute Gasteiger partial charge is 0.0547 e. The second kappa shape index (κ2) is 5.86. The van der Waals surface area contributed by atoms with E-state index in [1.54, 1.807) is 0 Å². The van der Waals surface area contributed by atoms with E-state index in [9.17, 15) is 0 Å². The van der Waals surface area contributed by atoms with Crippen molar-refractivity contribution in [1.29, 1.82) is 0 Å². The van der Waals surface area contributed by atoms with Crippen molar-refractivity contribution in [3.8, 4) is 5.69 Å². The third-order valence-corrected chi connectivity index (χ3v) is 4.55. The number of fused-ring (bicyclic) bond motifs is 3. The number of nitrogens with zero attached hydrogens (tertiary/aromatic N) is 1. The van der Waals surface area contributed by atoms with E-state index in [0.29, 0.717) is 0 Å². The predicted molar refractivity (Wildman–Crippen MR) is 105 cm³/mol. The SMILES string of the molecule is C=C/C(=C\C)c1ccc2c3ccccc3n(-c3ccccc3)c2c1. The zero-order valence-corrected chi connectivity index (χ0v) is 13.7. The molecule has 116 valence electrons. The zero-order chi connectivity index (χ0) is 16.5. The van der Waals surface area contributed by atoms with Crippen molar-refractivity contribution in [2.24, 2.45) is 0 Å². The second-order valence-electron chi connectivity index (χ2n) is 5.87. The van der Waals surface area contributed by atoms with Crippen molar-refractivity contribution >= 4 is 27.4 Å². The third kappa shape index (κ3) is 2.17. The lowest BCUT2D eigenvalue weighted by molar-refractivity contribution is 1.18. The predicted octanol–water partition coefficient (Wildman–Crippen LogP) is 6.37. The molecule has 0 radical (unpaired) electrons. The molecule has 1 nitrogen and oxygen atoms in total. The zero-order valence-electron chi connectivity index (χ0n) is 13.7. The Morgan fingerprint density at radius 1 is 0.833 bits per heavy atom. The molecule has 4 aromatic rings. The number of rotatable bonds is 3. The minimum Gasteiger partial charge on any atom is -0.309 e. The Morgan fingerprint density at radius 3 is 2.29 bits per heavy atom. The average Bonchev–Trinajstić information content (AvgIpc) is 2.97. The molecule has 1 heterocycles. The molecule has 0 bridgehead atoms. The van der Waals surface area contributed by atoms with Crippen molar-refractivity contribution in [2.75, 3.05) is 0 Å². The molecule has 0 aliphatic carbocycles. The maximum Gasteiger partial charge on any atom is 0.0547 e. The largest absolute Gasteiger partial charge is 0.309 e. The fraction of sp³-hybridized carbons (Fsp3) is 0.0435. The first-order valence-corrected chi connectivity index (χ1v) is 8.21. The van der Waals surface area contributed by atoms with Gasteiger partial charge in [0.05, 0.1) is 11.0 Å². The van der Waals surface area contributed by atoms with Crippen LogP contribution in [0.1, 0.15) is 12.5 Å². The van der Waals surface area contributed by atoms with Gasteiger partial charge < -0.3 is 4.57 Å². The molecule has 0 spiro atoms. The Balaban J connectivity index is 2.13. The highest BCUT2D eigenvalue weighted by Crippen LogP contribution is 2.33. The Labute approximate surface area is 142 Å². The van der Waals surface area contributed by atoms with Crippen molar-refractivity contribution in [3.05, 3.63) is 97.1 Å². The van der Waals surface area contributed by atoms with Gasteiger partial charge in [-0.3, -0.25) is 0 Å². The molecule has 1 heteroatoms. The van der Waals surface area contributed by atoms with Crippen molar-refractivity contribution in [1.82, 2.24) is 4.57 Å². The van der Waals surface area contributed by atoms with Crippen LogP contribution >= 0.6 is 0 Å². The average molecular weight is 309 g/mol. The number of para-hydroxylation sites is 2. The minimum absolute atomic E-state index is 1.15. The van der Waals surface area contributed by atoms with Gasteiger partial charge in [-0.05, 0) is 42.3 Å². The first kappa shape index (κ1) is 14.5. The normalized spacial score (nSPS) is 12.0. The van der Waals surface area contributed by atoms with Gasteiger partial charge in [0.15, 0.2) is 0 Å². The minimum atomic E-state index is 1.15. The molecular weight excluding hydrogens is 290 g/mol. The Kier molecular flexibility index (Phi) is 3.55. The third-order valence-electron chi connectivity index (χ3n) is 4.55. The molecule has 0 aliphatic rings. The molecular formula is C23H19N. The van der Waals surface area contributed by atoms with E-state index in [4.69, 9.17) is 0 Å². The van der Waals surface area contributed by atoms with Crippen LogP contribution in [-0.2, 0) is 0 Å². The van der Waals surface area contributed by atoms with Gasteiger partial charge in [0.1, 0.15) is 0 Å². The summed E-state index contributed by atoms with van der Waals surface area (Å²) in [6.45, 7) is 5.99. The molecule has 0 saturated carbocycles. The highest BCUT2D eigenvalue weighted by atomic mass is 15.0. The molecule has 0 aliphatic heterocycles. The van der Waals surface area contributed by atoms with E-state index in [0.717, 1.165) is 5.57 Å². The topological polar surface area (TPSA) is 4.93 Å². The van der Waals surface area contributed by atoms with Crippen molar-refractivity contribution in [3.63, 3.8) is 0 Å². The molecule has 0 unspecified atom stereocenters. The summed E-state index contributed by atoms with van der Waals surface area (Å²) >= 11 is 0. The maximum atomic E-state index is 3.94. The number of hydrogen-bond donors (Lipinski definition) is 0. The van der Waals surface area contributed by atoms with Gasteiger partial charge in [0.25, 0.3) is 0 Å². The van der Waals surface area contributed by atoms with Gasteiger partial charge in [-0.2, -0.15) is 0 Å². The molecule has 0 fully saturated rings. The van der Waals surface area contributed by atoms with E-state index in [2.05, 4.69) is 90.0 Å². The van der Waals surface area contributed by atoms with Crippen molar-refractivity contribution in [2.45, 2.75) is 6.92 Å². The molecule has 0 N–H and O–H groups in total. The lowest BCUT2D eigenvalue weighted by Gasteiger charge is -2.09. The maximum absolute atomic E-state index is 3.94. The van der Waals surface area contributed by atoms with Gasteiger partial charge in [-0.1, -0.05) is 67.3 Å². The van der Waals surface area contributed by atoms with Crippen LogP contribution < -0.4 is 0 Å². The Bertz CT molecular complexity index is 1070. The number of benzene rings is 3.